The fraction of sp³-hybridized carbons (Fsp3) is 0.562. The minimum absolute atomic E-state index is 0.000738. The molecule has 4 nitrogen and oxygen atoms in total. The van der Waals surface area contributed by atoms with E-state index < -0.39 is 0 Å². The molecule has 0 aromatic heterocycles. The summed E-state index contributed by atoms with van der Waals surface area (Å²) in [6, 6.07) is 5.96. The third-order valence-electron chi connectivity index (χ3n) is 3.56. The average molecular weight is 276 g/mol. The Morgan fingerprint density at radius 2 is 2.30 bits per heavy atom. The van der Waals surface area contributed by atoms with Crippen molar-refractivity contribution in [2.75, 3.05) is 31.6 Å². The Bertz CT molecular complexity index is 454. The van der Waals surface area contributed by atoms with E-state index in [0.717, 1.165) is 49.4 Å². The highest BCUT2D eigenvalue weighted by atomic mass is 16.5. The van der Waals surface area contributed by atoms with E-state index in [-0.39, 0.29) is 5.91 Å². The normalized spacial score (nSPS) is 18.0. The van der Waals surface area contributed by atoms with Crippen LogP contribution >= 0.6 is 0 Å². The van der Waals surface area contributed by atoms with Crippen molar-refractivity contribution in [1.29, 1.82) is 0 Å². The minimum atomic E-state index is -0.000738. The van der Waals surface area contributed by atoms with Crippen LogP contribution in [0.15, 0.2) is 18.2 Å². The molecule has 1 aromatic rings. The molecule has 0 aliphatic carbocycles. The van der Waals surface area contributed by atoms with E-state index in [9.17, 15) is 4.79 Å². The number of carbonyl (C=O) groups excluding carboxylic acids is 1. The maximum atomic E-state index is 12.3. The number of anilines is 1. The number of nitrogens with one attached hydrogen (secondary N) is 2. The molecule has 1 unspecified atom stereocenters. The molecule has 1 aliphatic heterocycles. The summed E-state index contributed by atoms with van der Waals surface area (Å²) in [6.45, 7) is 7.26. The van der Waals surface area contributed by atoms with Gasteiger partial charge in [-0.2, -0.15) is 0 Å². The molecule has 110 valence electrons. The molecule has 0 radical (unpaired) electrons. The van der Waals surface area contributed by atoms with Crippen LogP contribution < -0.4 is 10.6 Å². The molecule has 1 fully saturated rings. The standard InChI is InChI=1S/C16H24N2O2/c1-3-7-17-15-5-4-12(2)9-14(15)16(19)18-10-13-6-8-20-11-13/h4-5,9,13,17H,3,6-8,10-11H2,1-2H3,(H,18,19). The molecule has 2 rings (SSSR count). The number of benzene rings is 1. The average Bonchev–Trinajstić information content (AvgIpc) is 2.96. The van der Waals surface area contributed by atoms with E-state index in [1.807, 2.05) is 25.1 Å². The Labute approximate surface area is 120 Å². The maximum absolute atomic E-state index is 12.3. The summed E-state index contributed by atoms with van der Waals surface area (Å²) in [5.74, 6) is 0.454. The monoisotopic (exact) mass is 276 g/mol. The van der Waals surface area contributed by atoms with E-state index in [1.165, 1.54) is 0 Å². The van der Waals surface area contributed by atoms with Gasteiger partial charge in [0.1, 0.15) is 0 Å². The fourth-order valence-electron chi connectivity index (χ4n) is 2.34. The number of amides is 1. The first kappa shape index (κ1) is 14.9. The molecule has 1 aliphatic rings. The van der Waals surface area contributed by atoms with Crippen molar-refractivity contribution >= 4 is 11.6 Å². The zero-order valence-electron chi connectivity index (χ0n) is 12.4. The molecule has 2 N–H and O–H groups in total. The number of carbonyl (C=O) groups is 1. The van der Waals surface area contributed by atoms with Crippen molar-refractivity contribution in [2.24, 2.45) is 5.92 Å². The second-order valence-electron chi connectivity index (χ2n) is 5.42. The number of rotatable bonds is 6. The first-order chi connectivity index (χ1) is 9.70. The summed E-state index contributed by atoms with van der Waals surface area (Å²) in [5, 5.41) is 6.34. The van der Waals surface area contributed by atoms with Crippen LogP contribution in [-0.4, -0.2) is 32.2 Å². The molecule has 4 heteroatoms. The van der Waals surface area contributed by atoms with Gasteiger partial charge in [-0.05, 0) is 31.9 Å². The molecule has 0 saturated carbocycles. The minimum Gasteiger partial charge on any atom is -0.384 e. The molecule has 1 saturated heterocycles. The first-order valence-electron chi connectivity index (χ1n) is 7.41. The van der Waals surface area contributed by atoms with Gasteiger partial charge in [-0.3, -0.25) is 4.79 Å². The summed E-state index contributed by atoms with van der Waals surface area (Å²) in [4.78, 5) is 12.3. The molecule has 20 heavy (non-hydrogen) atoms. The van der Waals surface area contributed by atoms with E-state index in [4.69, 9.17) is 4.74 Å². The van der Waals surface area contributed by atoms with Crippen molar-refractivity contribution in [3.8, 4) is 0 Å². The Kier molecular flexibility index (Phi) is 5.41. The van der Waals surface area contributed by atoms with Gasteiger partial charge in [0.25, 0.3) is 5.91 Å². The zero-order valence-corrected chi connectivity index (χ0v) is 12.4. The van der Waals surface area contributed by atoms with Crippen LogP contribution in [0.1, 0.15) is 35.7 Å². The Morgan fingerprint density at radius 1 is 1.45 bits per heavy atom. The van der Waals surface area contributed by atoms with Crippen molar-refractivity contribution in [2.45, 2.75) is 26.7 Å². The third kappa shape index (κ3) is 3.97. The summed E-state index contributed by atoms with van der Waals surface area (Å²) in [5.41, 5.74) is 2.75. The number of hydrogen-bond acceptors (Lipinski definition) is 3. The van der Waals surface area contributed by atoms with Gasteiger partial charge < -0.3 is 15.4 Å². The summed E-state index contributed by atoms with van der Waals surface area (Å²) in [6.07, 6.45) is 2.07. The Balaban J connectivity index is 2.00. The molecule has 1 aromatic carbocycles. The third-order valence-corrected chi connectivity index (χ3v) is 3.56. The van der Waals surface area contributed by atoms with Gasteiger partial charge in [0.05, 0.1) is 12.2 Å². The fourth-order valence-corrected chi connectivity index (χ4v) is 2.34. The molecule has 1 amide bonds. The lowest BCUT2D eigenvalue weighted by Gasteiger charge is -2.14. The van der Waals surface area contributed by atoms with Crippen LogP contribution in [0, 0.1) is 12.8 Å². The van der Waals surface area contributed by atoms with Gasteiger partial charge >= 0.3 is 0 Å². The molecule has 1 atom stereocenters. The van der Waals surface area contributed by atoms with Crippen molar-refractivity contribution in [3.05, 3.63) is 29.3 Å². The van der Waals surface area contributed by atoms with Crippen LogP contribution in [0.3, 0.4) is 0 Å². The van der Waals surface area contributed by atoms with Crippen LogP contribution in [0.25, 0.3) is 0 Å². The predicted molar refractivity (Wildman–Crippen MR) is 81.2 cm³/mol. The van der Waals surface area contributed by atoms with Crippen molar-refractivity contribution < 1.29 is 9.53 Å². The lowest BCUT2D eigenvalue weighted by Crippen LogP contribution is -2.30. The van der Waals surface area contributed by atoms with Crippen molar-refractivity contribution in [3.63, 3.8) is 0 Å². The second-order valence-corrected chi connectivity index (χ2v) is 5.42. The van der Waals surface area contributed by atoms with Crippen LogP contribution in [0.2, 0.25) is 0 Å². The van der Waals surface area contributed by atoms with E-state index in [2.05, 4.69) is 17.6 Å². The SMILES string of the molecule is CCCNc1ccc(C)cc1C(=O)NCC1CCOC1. The largest absolute Gasteiger partial charge is 0.384 e. The summed E-state index contributed by atoms with van der Waals surface area (Å²) in [7, 11) is 0. The van der Waals surface area contributed by atoms with Crippen molar-refractivity contribution in [1.82, 2.24) is 5.32 Å². The van der Waals surface area contributed by atoms with Crippen LogP contribution in [0.4, 0.5) is 5.69 Å². The quantitative estimate of drug-likeness (QED) is 0.839. The summed E-state index contributed by atoms with van der Waals surface area (Å²) >= 11 is 0. The van der Waals surface area contributed by atoms with E-state index in [1.54, 1.807) is 0 Å². The first-order valence-corrected chi connectivity index (χ1v) is 7.41. The Morgan fingerprint density at radius 3 is 3.00 bits per heavy atom. The lowest BCUT2D eigenvalue weighted by molar-refractivity contribution is 0.0945. The van der Waals surface area contributed by atoms with Crippen LogP contribution in [-0.2, 0) is 4.74 Å². The highest BCUT2D eigenvalue weighted by Gasteiger charge is 2.18. The van der Waals surface area contributed by atoms with Gasteiger partial charge in [-0.15, -0.1) is 0 Å². The van der Waals surface area contributed by atoms with Gasteiger partial charge in [0.2, 0.25) is 0 Å². The topological polar surface area (TPSA) is 50.4 Å². The van der Waals surface area contributed by atoms with Gasteiger partial charge in [0.15, 0.2) is 0 Å². The highest BCUT2D eigenvalue weighted by Crippen LogP contribution is 2.18. The van der Waals surface area contributed by atoms with E-state index >= 15 is 0 Å². The molecule has 0 spiro atoms. The van der Waals surface area contributed by atoms with Gasteiger partial charge in [-0.25, -0.2) is 0 Å². The summed E-state index contributed by atoms with van der Waals surface area (Å²) < 4.78 is 5.33. The van der Waals surface area contributed by atoms with Crippen LogP contribution in [0.5, 0.6) is 0 Å². The highest BCUT2D eigenvalue weighted by molar-refractivity contribution is 5.99. The molecule has 0 bridgehead atoms. The number of aryl methyl sites for hydroxylation is 1. The van der Waals surface area contributed by atoms with Gasteiger partial charge in [0, 0.05) is 31.3 Å². The maximum Gasteiger partial charge on any atom is 0.253 e. The lowest BCUT2D eigenvalue weighted by atomic mass is 10.1. The molecule has 1 heterocycles. The second kappa shape index (κ2) is 7.29. The predicted octanol–water partition coefficient (Wildman–Crippen LogP) is 2.58. The number of ether oxygens (including phenoxy) is 1. The number of hydrogen-bond donors (Lipinski definition) is 2. The van der Waals surface area contributed by atoms with E-state index in [0.29, 0.717) is 12.5 Å². The smallest absolute Gasteiger partial charge is 0.253 e. The van der Waals surface area contributed by atoms with Gasteiger partial charge in [-0.1, -0.05) is 18.6 Å². The Hall–Kier alpha value is -1.55. The zero-order chi connectivity index (χ0) is 14.4. The molecular weight excluding hydrogens is 252 g/mol. The molecular formula is C16H24N2O2.